The molecule has 0 saturated carbocycles. The predicted molar refractivity (Wildman–Crippen MR) is 80.3 cm³/mol. The molecule has 7 nitrogen and oxygen atoms in total. The molecule has 2 aromatic rings. The number of carbonyl (C=O) groups is 2. The molecule has 0 unspecified atom stereocenters. The van der Waals surface area contributed by atoms with E-state index >= 15 is 0 Å². The zero-order valence-electron chi connectivity index (χ0n) is 12.6. The van der Waals surface area contributed by atoms with Crippen LogP contribution >= 0.6 is 0 Å². The summed E-state index contributed by atoms with van der Waals surface area (Å²) in [6.07, 6.45) is 5.30. The van der Waals surface area contributed by atoms with Crippen molar-refractivity contribution in [3.05, 3.63) is 36.3 Å². The number of likely N-dealkylation sites (tertiary alicyclic amines) is 1. The maximum atomic E-state index is 12.8. The zero-order chi connectivity index (χ0) is 15.9. The number of nitrogens with zero attached hydrogens (tertiary/aromatic N) is 4. The van der Waals surface area contributed by atoms with Crippen molar-refractivity contribution in [1.82, 2.24) is 19.2 Å². The van der Waals surface area contributed by atoms with Gasteiger partial charge in [0.1, 0.15) is 11.4 Å². The highest BCUT2D eigenvalue weighted by Gasteiger charge is 2.37. The van der Waals surface area contributed by atoms with Crippen LogP contribution in [0.4, 0.5) is 0 Å². The van der Waals surface area contributed by atoms with Crippen molar-refractivity contribution in [2.75, 3.05) is 13.1 Å². The minimum atomic E-state index is -0.348. The molecule has 1 aliphatic rings. The number of hydrogen-bond acceptors (Lipinski definition) is 3. The average Bonchev–Trinajstić information content (AvgIpc) is 3.16. The first-order chi connectivity index (χ1) is 10.5. The van der Waals surface area contributed by atoms with Crippen LogP contribution in [0.1, 0.15) is 17.3 Å². The third kappa shape index (κ3) is 2.28. The van der Waals surface area contributed by atoms with Crippen LogP contribution in [-0.4, -0.2) is 44.2 Å². The second kappa shape index (κ2) is 5.32. The van der Waals surface area contributed by atoms with E-state index in [-0.39, 0.29) is 23.7 Å². The van der Waals surface area contributed by atoms with Gasteiger partial charge in [0.15, 0.2) is 0 Å². The highest BCUT2D eigenvalue weighted by molar-refractivity contribution is 5.97. The third-order valence-electron chi connectivity index (χ3n) is 4.25. The maximum Gasteiger partial charge on any atom is 0.259 e. The van der Waals surface area contributed by atoms with Crippen molar-refractivity contribution in [2.24, 2.45) is 24.6 Å². The Hall–Kier alpha value is -2.57. The first-order valence-corrected chi connectivity index (χ1v) is 7.23. The lowest BCUT2D eigenvalue weighted by Gasteiger charge is -2.16. The van der Waals surface area contributed by atoms with Crippen LogP contribution in [0.2, 0.25) is 0 Å². The monoisotopic (exact) mass is 301 g/mol. The topological polar surface area (TPSA) is 86.2 Å². The fourth-order valence-corrected chi connectivity index (χ4v) is 3.04. The quantitative estimate of drug-likeness (QED) is 0.890. The van der Waals surface area contributed by atoms with Crippen LogP contribution in [-0.2, 0) is 11.8 Å². The molecule has 1 fully saturated rings. The average molecular weight is 301 g/mol. The number of amides is 2. The van der Waals surface area contributed by atoms with Crippen LogP contribution in [0.15, 0.2) is 30.7 Å². The lowest BCUT2D eigenvalue weighted by molar-refractivity contribution is -0.122. The molecule has 22 heavy (non-hydrogen) atoms. The summed E-state index contributed by atoms with van der Waals surface area (Å²) in [5.41, 5.74) is 5.93. The first kappa shape index (κ1) is 14.4. The minimum Gasteiger partial charge on any atom is -0.369 e. The summed E-state index contributed by atoms with van der Waals surface area (Å²) in [5.74, 6) is 0.0426. The van der Waals surface area contributed by atoms with Crippen molar-refractivity contribution < 1.29 is 9.59 Å². The van der Waals surface area contributed by atoms with Crippen LogP contribution < -0.4 is 5.73 Å². The highest BCUT2D eigenvalue weighted by atomic mass is 16.2. The zero-order valence-corrected chi connectivity index (χ0v) is 12.6. The molecule has 1 aliphatic heterocycles. The molecule has 0 aliphatic carbocycles. The summed E-state index contributed by atoms with van der Waals surface area (Å²) in [4.78, 5) is 25.9. The van der Waals surface area contributed by atoms with Crippen molar-refractivity contribution in [1.29, 1.82) is 0 Å². The van der Waals surface area contributed by atoms with Gasteiger partial charge in [0.05, 0.1) is 12.1 Å². The summed E-state index contributed by atoms with van der Waals surface area (Å²) >= 11 is 0. The Morgan fingerprint density at radius 3 is 2.55 bits per heavy atom. The maximum absolute atomic E-state index is 12.8. The molecule has 0 aromatic carbocycles. The van der Waals surface area contributed by atoms with Gasteiger partial charge in [-0.2, -0.15) is 5.10 Å². The number of aryl methyl sites for hydroxylation is 1. The third-order valence-corrected chi connectivity index (χ3v) is 4.25. The Morgan fingerprint density at radius 2 is 1.95 bits per heavy atom. The summed E-state index contributed by atoms with van der Waals surface area (Å²) in [6.45, 7) is 2.85. The Kier molecular flexibility index (Phi) is 3.48. The number of aromatic nitrogens is 3. The van der Waals surface area contributed by atoms with Crippen molar-refractivity contribution >= 4 is 11.8 Å². The number of hydrogen-bond donors (Lipinski definition) is 1. The van der Waals surface area contributed by atoms with Crippen molar-refractivity contribution in [3.63, 3.8) is 0 Å². The van der Waals surface area contributed by atoms with Gasteiger partial charge in [-0.05, 0) is 18.1 Å². The fourth-order valence-electron chi connectivity index (χ4n) is 3.04. The van der Waals surface area contributed by atoms with E-state index in [0.717, 1.165) is 0 Å². The highest BCUT2D eigenvalue weighted by Crippen LogP contribution is 2.25. The van der Waals surface area contributed by atoms with Crippen LogP contribution in [0.5, 0.6) is 0 Å². The second-order valence-corrected chi connectivity index (χ2v) is 5.79. The molecule has 2 aromatic heterocycles. The van der Waals surface area contributed by atoms with E-state index in [0.29, 0.717) is 24.5 Å². The SMILES string of the molecule is C[C@@H]1CN(C(=O)c2cnn(C)c2-n2cccc2)C[C@H]1C(N)=O. The standard InChI is InChI=1S/C15H19N5O2/c1-10-8-20(9-12(10)13(16)21)15(22)11-7-17-18(2)14(11)19-5-3-4-6-19/h3-7,10,12H,8-9H2,1-2H3,(H2,16,21)/t10-,12-/m1/s1. The molecular formula is C15H19N5O2. The fraction of sp³-hybridized carbons (Fsp3) is 0.400. The number of rotatable bonds is 3. The van der Waals surface area contributed by atoms with Gasteiger partial charge in [-0.1, -0.05) is 6.92 Å². The van der Waals surface area contributed by atoms with Gasteiger partial charge < -0.3 is 15.2 Å². The first-order valence-electron chi connectivity index (χ1n) is 7.23. The van der Waals surface area contributed by atoms with E-state index in [9.17, 15) is 9.59 Å². The smallest absolute Gasteiger partial charge is 0.259 e. The number of primary amides is 1. The van der Waals surface area contributed by atoms with Crippen LogP contribution in [0.3, 0.4) is 0 Å². The molecule has 116 valence electrons. The summed E-state index contributed by atoms with van der Waals surface area (Å²) in [6, 6.07) is 3.78. The molecule has 2 atom stereocenters. The molecule has 3 rings (SSSR count). The molecule has 0 radical (unpaired) electrons. The molecule has 7 heteroatoms. The Labute approximate surface area is 128 Å². The molecule has 2 amide bonds. The largest absolute Gasteiger partial charge is 0.369 e. The molecule has 1 saturated heterocycles. The summed E-state index contributed by atoms with van der Waals surface area (Å²) in [5, 5.41) is 4.19. The van der Waals surface area contributed by atoms with Gasteiger partial charge in [-0.15, -0.1) is 0 Å². The van der Waals surface area contributed by atoms with Crippen LogP contribution in [0, 0.1) is 11.8 Å². The Balaban J connectivity index is 1.90. The molecule has 0 bridgehead atoms. The van der Waals surface area contributed by atoms with Gasteiger partial charge in [-0.25, -0.2) is 0 Å². The molecule has 3 heterocycles. The van der Waals surface area contributed by atoms with Crippen molar-refractivity contribution in [2.45, 2.75) is 6.92 Å². The van der Waals surface area contributed by atoms with E-state index in [1.165, 1.54) is 0 Å². The van der Waals surface area contributed by atoms with Gasteiger partial charge in [-0.3, -0.25) is 14.3 Å². The van der Waals surface area contributed by atoms with E-state index in [4.69, 9.17) is 5.73 Å². The number of nitrogens with two attached hydrogens (primary N) is 1. The molecular weight excluding hydrogens is 282 g/mol. The van der Waals surface area contributed by atoms with E-state index < -0.39 is 0 Å². The minimum absolute atomic E-state index is 0.0770. The van der Waals surface area contributed by atoms with Gasteiger partial charge in [0, 0.05) is 32.5 Å². The summed E-state index contributed by atoms with van der Waals surface area (Å²) < 4.78 is 3.52. The van der Waals surface area contributed by atoms with Crippen LogP contribution in [0.25, 0.3) is 5.82 Å². The Bertz CT molecular complexity index is 704. The van der Waals surface area contributed by atoms with E-state index in [2.05, 4.69) is 5.10 Å². The lowest BCUT2D eigenvalue weighted by atomic mass is 9.98. The van der Waals surface area contributed by atoms with Gasteiger partial charge in [0.2, 0.25) is 5.91 Å². The molecule has 0 spiro atoms. The van der Waals surface area contributed by atoms with Gasteiger partial charge >= 0.3 is 0 Å². The van der Waals surface area contributed by atoms with Gasteiger partial charge in [0.25, 0.3) is 5.91 Å². The summed E-state index contributed by atoms with van der Waals surface area (Å²) in [7, 11) is 1.80. The van der Waals surface area contributed by atoms with E-state index in [1.807, 2.05) is 36.0 Å². The normalized spacial score (nSPS) is 21.3. The number of carbonyl (C=O) groups excluding carboxylic acids is 2. The van der Waals surface area contributed by atoms with E-state index in [1.54, 1.807) is 22.8 Å². The lowest BCUT2D eigenvalue weighted by Crippen LogP contribution is -2.32. The Morgan fingerprint density at radius 1 is 1.27 bits per heavy atom. The molecule has 2 N–H and O–H groups in total. The predicted octanol–water partition coefficient (Wildman–Crippen LogP) is 0.404. The van der Waals surface area contributed by atoms with Crippen molar-refractivity contribution in [3.8, 4) is 5.82 Å². The second-order valence-electron chi connectivity index (χ2n) is 5.79.